The summed E-state index contributed by atoms with van der Waals surface area (Å²) in [6.07, 6.45) is 1.49. The lowest BCUT2D eigenvalue weighted by atomic mass is 10.1. The maximum Gasteiger partial charge on any atom is 0.244 e. The van der Waals surface area contributed by atoms with E-state index in [-0.39, 0.29) is 12.6 Å². The molecule has 1 saturated heterocycles. The number of benzene rings is 1. The van der Waals surface area contributed by atoms with E-state index in [1.54, 1.807) is 19.9 Å². The standard InChI is InChI=1S/C14H22N2O3S/c1-9-7-13(15)11(3)14(10(9)2)20(18,19)16-6-4-5-12(16)8-17/h7,12,17H,4-6,8,15H2,1-3H3/t12-/m1/s1. The number of aliphatic hydroxyl groups excluding tert-OH is 1. The van der Waals surface area contributed by atoms with Crippen molar-refractivity contribution >= 4 is 15.7 Å². The number of nitrogen functional groups attached to an aromatic ring is 1. The molecule has 2 rings (SSSR count). The van der Waals surface area contributed by atoms with Crippen molar-refractivity contribution in [2.24, 2.45) is 0 Å². The van der Waals surface area contributed by atoms with Crippen molar-refractivity contribution in [3.63, 3.8) is 0 Å². The average Bonchev–Trinajstić information content (AvgIpc) is 2.85. The molecule has 0 amide bonds. The van der Waals surface area contributed by atoms with Crippen LogP contribution in [-0.2, 0) is 10.0 Å². The number of hydrogen-bond acceptors (Lipinski definition) is 4. The van der Waals surface area contributed by atoms with Crippen molar-refractivity contribution in [2.45, 2.75) is 44.6 Å². The molecule has 1 heterocycles. The molecule has 0 spiro atoms. The molecule has 1 aromatic carbocycles. The lowest BCUT2D eigenvalue weighted by molar-refractivity contribution is 0.213. The fourth-order valence-corrected chi connectivity index (χ4v) is 5.07. The van der Waals surface area contributed by atoms with E-state index in [0.29, 0.717) is 29.1 Å². The van der Waals surface area contributed by atoms with Crippen LogP contribution in [0.3, 0.4) is 0 Å². The first kappa shape index (κ1) is 15.3. The van der Waals surface area contributed by atoms with Crippen LogP contribution < -0.4 is 5.73 Å². The van der Waals surface area contributed by atoms with Gasteiger partial charge in [-0.15, -0.1) is 0 Å². The highest BCUT2D eigenvalue weighted by molar-refractivity contribution is 7.89. The smallest absolute Gasteiger partial charge is 0.244 e. The van der Waals surface area contributed by atoms with Gasteiger partial charge in [0.2, 0.25) is 10.0 Å². The van der Waals surface area contributed by atoms with Gasteiger partial charge in [0.25, 0.3) is 0 Å². The van der Waals surface area contributed by atoms with Crippen LogP contribution in [-0.4, -0.2) is 37.0 Å². The Morgan fingerprint density at radius 2 is 2.00 bits per heavy atom. The summed E-state index contributed by atoms with van der Waals surface area (Å²) in [5, 5.41) is 9.36. The number of hydrogen-bond donors (Lipinski definition) is 2. The fourth-order valence-electron chi connectivity index (χ4n) is 2.85. The van der Waals surface area contributed by atoms with Gasteiger partial charge >= 0.3 is 0 Å². The lowest BCUT2D eigenvalue weighted by Gasteiger charge is -2.25. The summed E-state index contributed by atoms with van der Waals surface area (Å²) in [5.41, 5.74) is 8.61. The molecule has 3 N–H and O–H groups in total. The number of rotatable bonds is 3. The average molecular weight is 298 g/mol. The Hall–Kier alpha value is -1.11. The summed E-state index contributed by atoms with van der Waals surface area (Å²) in [4.78, 5) is 0.301. The second-order valence-electron chi connectivity index (χ2n) is 5.46. The normalized spacial score (nSPS) is 20.5. The highest BCUT2D eigenvalue weighted by Gasteiger charge is 2.37. The Morgan fingerprint density at radius 1 is 1.35 bits per heavy atom. The molecule has 20 heavy (non-hydrogen) atoms. The zero-order valence-corrected chi connectivity index (χ0v) is 13.0. The predicted molar refractivity (Wildman–Crippen MR) is 79.1 cm³/mol. The molecule has 0 saturated carbocycles. The minimum Gasteiger partial charge on any atom is -0.398 e. The number of aliphatic hydroxyl groups is 1. The number of nitrogens with two attached hydrogens (primary N) is 1. The van der Waals surface area contributed by atoms with Gasteiger partial charge in [0, 0.05) is 18.3 Å². The lowest BCUT2D eigenvalue weighted by Crippen LogP contribution is -2.38. The molecule has 1 fully saturated rings. The highest BCUT2D eigenvalue weighted by atomic mass is 32.2. The van der Waals surface area contributed by atoms with Crippen LogP contribution >= 0.6 is 0 Å². The van der Waals surface area contributed by atoms with Gasteiger partial charge < -0.3 is 10.8 Å². The summed E-state index contributed by atoms with van der Waals surface area (Å²) in [6.45, 7) is 5.72. The van der Waals surface area contributed by atoms with Gasteiger partial charge in [-0.3, -0.25) is 0 Å². The van der Waals surface area contributed by atoms with Crippen LogP contribution in [0.4, 0.5) is 5.69 Å². The van der Waals surface area contributed by atoms with Crippen LogP contribution in [0.15, 0.2) is 11.0 Å². The Balaban J connectivity index is 2.61. The van der Waals surface area contributed by atoms with Gasteiger partial charge in [-0.25, -0.2) is 8.42 Å². The highest BCUT2D eigenvalue weighted by Crippen LogP contribution is 2.33. The Kier molecular flexibility index (Phi) is 4.09. The largest absolute Gasteiger partial charge is 0.398 e. The number of nitrogens with zero attached hydrogens (tertiary/aromatic N) is 1. The van der Waals surface area contributed by atoms with Crippen molar-refractivity contribution in [2.75, 3.05) is 18.9 Å². The minimum absolute atomic E-state index is 0.140. The van der Waals surface area contributed by atoms with Crippen LogP contribution in [0.5, 0.6) is 0 Å². The molecular weight excluding hydrogens is 276 g/mol. The molecule has 5 nitrogen and oxygen atoms in total. The SMILES string of the molecule is Cc1cc(N)c(C)c(S(=O)(=O)N2CCC[C@@H]2CO)c1C. The third-order valence-corrected chi connectivity index (χ3v) is 6.40. The van der Waals surface area contributed by atoms with E-state index in [1.165, 1.54) is 4.31 Å². The van der Waals surface area contributed by atoms with Gasteiger partial charge in [0.1, 0.15) is 0 Å². The predicted octanol–water partition coefficient (Wildman–Crippen LogP) is 1.34. The van der Waals surface area contributed by atoms with E-state index >= 15 is 0 Å². The molecule has 0 aliphatic carbocycles. The zero-order valence-electron chi connectivity index (χ0n) is 12.2. The number of anilines is 1. The molecule has 1 aromatic rings. The van der Waals surface area contributed by atoms with Crippen molar-refractivity contribution in [3.8, 4) is 0 Å². The van der Waals surface area contributed by atoms with E-state index in [0.717, 1.165) is 17.5 Å². The Bertz CT molecular complexity index is 600. The van der Waals surface area contributed by atoms with E-state index < -0.39 is 10.0 Å². The molecule has 0 aromatic heterocycles. The summed E-state index contributed by atoms with van der Waals surface area (Å²) in [5.74, 6) is 0. The van der Waals surface area contributed by atoms with Gasteiger partial charge in [-0.1, -0.05) is 0 Å². The second-order valence-corrected chi connectivity index (χ2v) is 7.28. The first-order chi connectivity index (χ1) is 9.30. The van der Waals surface area contributed by atoms with E-state index in [2.05, 4.69) is 0 Å². The maximum absolute atomic E-state index is 12.9. The summed E-state index contributed by atoms with van der Waals surface area (Å²) >= 11 is 0. The van der Waals surface area contributed by atoms with Crippen molar-refractivity contribution < 1.29 is 13.5 Å². The van der Waals surface area contributed by atoms with Gasteiger partial charge in [0.15, 0.2) is 0 Å². The summed E-state index contributed by atoms with van der Waals surface area (Å²) in [7, 11) is -3.61. The van der Waals surface area contributed by atoms with E-state index in [9.17, 15) is 13.5 Å². The Morgan fingerprint density at radius 3 is 2.60 bits per heavy atom. The van der Waals surface area contributed by atoms with Gasteiger partial charge in [0.05, 0.1) is 11.5 Å². The van der Waals surface area contributed by atoms with Crippen LogP contribution in [0.25, 0.3) is 0 Å². The summed E-state index contributed by atoms with van der Waals surface area (Å²) in [6, 6.07) is 1.48. The first-order valence-corrected chi connectivity index (χ1v) is 8.23. The van der Waals surface area contributed by atoms with E-state index in [1.807, 2.05) is 6.92 Å². The summed E-state index contributed by atoms with van der Waals surface area (Å²) < 4.78 is 27.2. The molecule has 112 valence electrons. The molecule has 6 heteroatoms. The van der Waals surface area contributed by atoms with Crippen molar-refractivity contribution in [1.82, 2.24) is 4.31 Å². The van der Waals surface area contributed by atoms with Gasteiger partial charge in [-0.2, -0.15) is 4.31 Å². The fraction of sp³-hybridized carbons (Fsp3) is 0.571. The second kappa shape index (κ2) is 5.35. The molecule has 1 atom stereocenters. The molecule has 0 radical (unpaired) electrons. The first-order valence-electron chi connectivity index (χ1n) is 6.79. The molecule has 1 aliphatic rings. The van der Waals surface area contributed by atoms with Gasteiger partial charge in [-0.05, 0) is 56.4 Å². The quantitative estimate of drug-likeness (QED) is 0.825. The monoisotopic (exact) mass is 298 g/mol. The maximum atomic E-state index is 12.9. The zero-order chi connectivity index (χ0) is 15.1. The molecule has 0 bridgehead atoms. The number of aryl methyl sites for hydroxylation is 1. The van der Waals surface area contributed by atoms with Crippen LogP contribution in [0.1, 0.15) is 29.5 Å². The molecular formula is C14H22N2O3S. The van der Waals surface area contributed by atoms with E-state index in [4.69, 9.17) is 5.73 Å². The third kappa shape index (κ3) is 2.32. The Labute approximate surface area is 120 Å². The molecule has 1 aliphatic heterocycles. The van der Waals surface area contributed by atoms with Crippen molar-refractivity contribution in [1.29, 1.82) is 0 Å². The third-order valence-electron chi connectivity index (χ3n) is 4.18. The van der Waals surface area contributed by atoms with Crippen LogP contribution in [0, 0.1) is 20.8 Å². The van der Waals surface area contributed by atoms with Crippen LogP contribution in [0.2, 0.25) is 0 Å². The minimum atomic E-state index is -3.61. The molecule has 0 unspecified atom stereocenters. The topological polar surface area (TPSA) is 83.6 Å². The van der Waals surface area contributed by atoms with Crippen molar-refractivity contribution in [3.05, 3.63) is 22.8 Å². The number of sulfonamides is 1.